The molecule has 0 unspecified atom stereocenters. The Bertz CT molecular complexity index is 699. The van der Waals surface area contributed by atoms with Gasteiger partial charge in [0.15, 0.2) is 5.82 Å². The Balaban J connectivity index is 1.56. The number of amides is 1. The summed E-state index contributed by atoms with van der Waals surface area (Å²) in [5.74, 6) is 1.85. The van der Waals surface area contributed by atoms with Crippen LogP contribution in [0.25, 0.3) is 0 Å². The number of carbonyl (C=O) groups is 2. The Morgan fingerprint density at radius 1 is 1.28 bits per heavy atom. The van der Waals surface area contributed by atoms with Crippen molar-refractivity contribution in [2.24, 2.45) is 17.3 Å². The van der Waals surface area contributed by atoms with E-state index in [9.17, 15) is 9.59 Å². The van der Waals surface area contributed by atoms with E-state index >= 15 is 0 Å². The topological polar surface area (TPSA) is 85.5 Å². The molecule has 1 heterocycles. The lowest BCUT2D eigenvalue weighted by molar-refractivity contribution is -0.205. The number of nitrogens with zero attached hydrogens (tertiary/aromatic N) is 3. The molecular formula is C18H25N3O4. The summed E-state index contributed by atoms with van der Waals surface area (Å²) in [6.07, 6.45) is 5.43. The average Bonchev–Trinajstić information content (AvgIpc) is 2.88. The molecule has 1 aromatic heterocycles. The molecule has 2 atom stereocenters. The number of hydrogen-bond acceptors (Lipinski definition) is 6. The van der Waals surface area contributed by atoms with Gasteiger partial charge in [0.25, 0.3) is 0 Å². The van der Waals surface area contributed by atoms with Gasteiger partial charge in [-0.15, -0.1) is 0 Å². The molecule has 4 saturated carbocycles. The molecule has 7 heteroatoms. The molecule has 25 heavy (non-hydrogen) atoms. The van der Waals surface area contributed by atoms with E-state index in [-0.39, 0.29) is 11.9 Å². The van der Waals surface area contributed by atoms with Gasteiger partial charge in [-0.3, -0.25) is 9.59 Å². The van der Waals surface area contributed by atoms with E-state index in [1.54, 1.807) is 18.9 Å². The normalized spacial score (nSPS) is 35.6. The minimum absolute atomic E-state index is 0.119. The number of aromatic nitrogens is 2. The van der Waals surface area contributed by atoms with Crippen LogP contribution in [0.4, 0.5) is 0 Å². The molecule has 0 aromatic carbocycles. The highest BCUT2D eigenvalue weighted by Gasteiger charge is 2.62. The number of esters is 1. The van der Waals surface area contributed by atoms with Gasteiger partial charge in [0.05, 0.1) is 12.0 Å². The predicted molar refractivity (Wildman–Crippen MR) is 87.1 cm³/mol. The highest BCUT2D eigenvalue weighted by Crippen LogP contribution is 2.63. The molecule has 7 nitrogen and oxygen atoms in total. The Labute approximate surface area is 147 Å². The summed E-state index contributed by atoms with van der Waals surface area (Å²) in [7, 11) is 1.79. The van der Waals surface area contributed by atoms with Crippen molar-refractivity contribution in [2.75, 3.05) is 7.05 Å². The molecule has 0 spiro atoms. The van der Waals surface area contributed by atoms with E-state index < -0.39 is 11.0 Å². The van der Waals surface area contributed by atoms with Crippen LogP contribution >= 0.6 is 0 Å². The van der Waals surface area contributed by atoms with Gasteiger partial charge in [-0.25, -0.2) is 0 Å². The van der Waals surface area contributed by atoms with Gasteiger partial charge in [0, 0.05) is 20.4 Å². The zero-order valence-electron chi connectivity index (χ0n) is 15.1. The number of hydrogen-bond donors (Lipinski definition) is 0. The van der Waals surface area contributed by atoms with Crippen molar-refractivity contribution in [3.05, 3.63) is 11.7 Å². The first kappa shape index (κ1) is 16.5. The number of rotatable bonds is 4. The number of carbonyl (C=O) groups excluding carboxylic acids is 2. The van der Waals surface area contributed by atoms with Crippen molar-refractivity contribution in [1.82, 2.24) is 15.0 Å². The van der Waals surface area contributed by atoms with Crippen molar-refractivity contribution in [3.63, 3.8) is 0 Å². The van der Waals surface area contributed by atoms with Crippen molar-refractivity contribution >= 4 is 11.9 Å². The highest BCUT2D eigenvalue weighted by molar-refractivity contribution is 5.83. The Hall–Kier alpha value is -1.92. The molecule has 0 aliphatic heterocycles. The molecule has 4 fully saturated rings. The summed E-state index contributed by atoms with van der Waals surface area (Å²) in [6.45, 7) is 3.55. The van der Waals surface area contributed by atoms with Crippen molar-refractivity contribution in [1.29, 1.82) is 0 Å². The van der Waals surface area contributed by atoms with Crippen LogP contribution < -0.4 is 0 Å². The summed E-state index contributed by atoms with van der Waals surface area (Å²) in [4.78, 5) is 30.9. The third kappa shape index (κ3) is 2.83. The van der Waals surface area contributed by atoms with Crippen LogP contribution in [-0.2, 0) is 20.9 Å². The summed E-state index contributed by atoms with van der Waals surface area (Å²) in [5.41, 5.74) is -0.850. The van der Waals surface area contributed by atoms with Crippen LogP contribution in [0.15, 0.2) is 4.52 Å². The first-order valence-corrected chi connectivity index (χ1v) is 9.04. The first-order valence-electron chi connectivity index (χ1n) is 9.04. The van der Waals surface area contributed by atoms with E-state index in [0.29, 0.717) is 36.5 Å². The number of aryl methyl sites for hydroxylation is 1. The summed E-state index contributed by atoms with van der Waals surface area (Å²) in [5, 5.41) is 3.78. The smallest absolute Gasteiger partial charge is 0.303 e. The molecule has 4 aliphatic carbocycles. The quantitative estimate of drug-likeness (QED) is 0.777. The van der Waals surface area contributed by atoms with Gasteiger partial charge in [-0.05, 0) is 50.9 Å². The van der Waals surface area contributed by atoms with Crippen LogP contribution in [0, 0.1) is 24.2 Å². The molecule has 136 valence electrons. The lowest BCUT2D eigenvalue weighted by Crippen LogP contribution is -2.61. The Morgan fingerprint density at radius 2 is 1.96 bits per heavy atom. The monoisotopic (exact) mass is 347 g/mol. The lowest BCUT2D eigenvalue weighted by atomic mass is 9.47. The zero-order valence-corrected chi connectivity index (χ0v) is 15.1. The SMILES string of the molecule is CC(=O)OC12C[C@@H]3C[C@@H](C1)CC(C(=O)N(C)Cc1nc(C)no1)(C3)C2. The Kier molecular flexibility index (Phi) is 3.67. The van der Waals surface area contributed by atoms with Gasteiger partial charge >= 0.3 is 5.97 Å². The minimum Gasteiger partial charge on any atom is -0.459 e. The largest absolute Gasteiger partial charge is 0.459 e. The molecule has 5 rings (SSSR count). The van der Waals surface area contributed by atoms with Gasteiger partial charge in [-0.1, -0.05) is 5.16 Å². The second kappa shape index (κ2) is 5.54. The summed E-state index contributed by atoms with van der Waals surface area (Å²) < 4.78 is 10.9. The third-order valence-corrected chi connectivity index (χ3v) is 6.11. The van der Waals surface area contributed by atoms with Gasteiger partial charge in [0.2, 0.25) is 11.8 Å². The van der Waals surface area contributed by atoms with E-state index in [1.165, 1.54) is 6.92 Å². The summed E-state index contributed by atoms with van der Waals surface area (Å²) >= 11 is 0. The third-order valence-electron chi connectivity index (χ3n) is 6.11. The molecule has 4 aliphatic rings. The molecule has 0 N–H and O–H groups in total. The van der Waals surface area contributed by atoms with E-state index in [1.807, 2.05) is 0 Å². The van der Waals surface area contributed by atoms with Crippen molar-refractivity contribution < 1.29 is 18.8 Å². The van der Waals surface area contributed by atoms with Gasteiger partial charge < -0.3 is 14.2 Å². The molecule has 0 radical (unpaired) electrons. The maximum absolute atomic E-state index is 13.3. The van der Waals surface area contributed by atoms with Gasteiger partial charge in [-0.2, -0.15) is 4.98 Å². The van der Waals surface area contributed by atoms with Crippen LogP contribution in [0.3, 0.4) is 0 Å². The second-order valence-electron chi connectivity index (χ2n) is 8.41. The fourth-order valence-corrected chi connectivity index (χ4v) is 5.94. The second-order valence-corrected chi connectivity index (χ2v) is 8.41. The van der Waals surface area contributed by atoms with E-state index in [2.05, 4.69) is 10.1 Å². The number of ether oxygens (including phenoxy) is 1. The summed E-state index contributed by atoms with van der Waals surface area (Å²) in [6, 6.07) is 0. The lowest BCUT2D eigenvalue weighted by Gasteiger charge is -2.60. The molecular weight excluding hydrogens is 322 g/mol. The fraction of sp³-hybridized carbons (Fsp3) is 0.778. The maximum Gasteiger partial charge on any atom is 0.303 e. The minimum atomic E-state index is -0.437. The van der Waals surface area contributed by atoms with Crippen LogP contribution in [-0.4, -0.2) is 39.6 Å². The van der Waals surface area contributed by atoms with E-state index in [0.717, 1.165) is 32.1 Å². The molecule has 4 bridgehead atoms. The Morgan fingerprint density at radius 3 is 2.52 bits per heavy atom. The standard InChI is InChI=1S/C18H25N3O4/c1-11-19-15(25-20-11)9-21(3)16(23)17-5-13-4-14(6-17)8-18(7-13,10-17)24-12(2)22/h13-14H,4-10H2,1-3H3/t13-,14-,17?,18?/m1/s1. The first-order chi connectivity index (χ1) is 11.8. The van der Waals surface area contributed by atoms with Crippen LogP contribution in [0.5, 0.6) is 0 Å². The average molecular weight is 347 g/mol. The van der Waals surface area contributed by atoms with Crippen LogP contribution in [0.1, 0.15) is 57.2 Å². The van der Waals surface area contributed by atoms with Crippen molar-refractivity contribution in [2.45, 2.75) is 64.5 Å². The maximum atomic E-state index is 13.3. The molecule has 1 aromatic rings. The fourth-order valence-electron chi connectivity index (χ4n) is 5.94. The van der Waals surface area contributed by atoms with Gasteiger partial charge in [0.1, 0.15) is 5.60 Å². The van der Waals surface area contributed by atoms with E-state index in [4.69, 9.17) is 9.26 Å². The van der Waals surface area contributed by atoms with Crippen molar-refractivity contribution in [3.8, 4) is 0 Å². The zero-order chi connectivity index (χ0) is 17.8. The predicted octanol–water partition coefficient (Wildman–Crippen LogP) is 2.24. The molecule has 0 saturated heterocycles. The van der Waals surface area contributed by atoms with Crippen LogP contribution in [0.2, 0.25) is 0 Å². The highest BCUT2D eigenvalue weighted by atomic mass is 16.6. The molecule has 1 amide bonds.